The van der Waals surface area contributed by atoms with Crippen LogP contribution in [0.15, 0.2) is 24.3 Å². The molecule has 1 heterocycles. The van der Waals surface area contributed by atoms with Crippen molar-refractivity contribution in [3.63, 3.8) is 0 Å². The van der Waals surface area contributed by atoms with Gasteiger partial charge in [-0.3, -0.25) is 0 Å². The molecule has 1 saturated heterocycles. The van der Waals surface area contributed by atoms with Gasteiger partial charge in [-0.1, -0.05) is 18.2 Å². The molecule has 4 nitrogen and oxygen atoms in total. The average Bonchev–Trinajstić information content (AvgIpc) is 2.77. The molecular weight excluding hydrogens is 216 g/mol. The van der Waals surface area contributed by atoms with E-state index in [4.69, 9.17) is 10.00 Å². The van der Waals surface area contributed by atoms with Gasteiger partial charge in [0, 0.05) is 26.1 Å². The fourth-order valence-corrected chi connectivity index (χ4v) is 1.95. The summed E-state index contributed by atoms with van der Waals surface area (Å²) in [6.45, 7) is 2.09. The molecule has 0 aromatic heterocycles. The van der Waals surface area contributed by atoms with Crippen LogP contribution in [-0.4, -0.2) is 30.5 Å². The minimum absolute atomic E-state index is 0.389. The molecule has 0 aliphatic carbocycles. The Hall–Kier alpha value is -1.41. The predicted octanol–water partition coefficient (Wildman–Crippen LogP) is 0.799. The van der Waals surface area contributed by atoms with Gasteiger partial charge in [-0.2, -0.15) is 5.26 Å². The summed E-state index contributed by atoms with van der Waals surface area (Å²) in [5.41, 5.74) is 0.883. The van der Waals surface area contributed by atoms with Gasteiger partial charge >= 0.3 is 0 Å². The van der Waals surface area contributed by atoms with E-state index in [1.54, 1.807) is 6.07 Å². The molecule has 1 fully saturated rings. The van der Waals surface area contributed by atoms with Crippen molar-refractivity contribution in [3.05, 3.63) is 35.4 Å². The standard InChI is InChI=1S/C13H16N2O2/c14-7-11-3-1-2-4-12(11)8-15-9-13(16)5-6-17-10-13/h1-4,15-16H,5-6,8-10H2. The van der Waals surface area contributed by atoms with Gasteiger partial charge in [0.1, 0.15) is 5.60 Å². The molecule has 2 N–H and O–H groups in total. The monoisotopic (exact) mass is 232 g/mol. The number of nitrogens with one attached hydrogen (secondary N) is 1. The quantitative estimate of drug-likeness (QED) is 0.806. The molecule has 0 saturated carbocycles. The zero-order chi connectivity index (χ0) is 12.1. The maximum atomic E-state index is 10.0. The third-order valence-corrected chi connectivity index (χ3v) is 2.99. The Morgan fingerprint density at radius 2 is 2.29 bits per heavy atom. The van der Waals surface area contributed by atoms with Crippen molar-refractivity contribution >= 4 is 0 Å². The van der Waals surface area contributed by atoms with Crippen LogP contribution in [-0.2, 0) is 11.3 Å². The predicted molar refractivity (Wildman–Crippen MR) is 63.2 cm³/mol. The van der Waals surface area contributed by atoms with Crippen molar-refractivity contribution in [2.75, 3.05) is 19.8 Å². The highest BCUT2D eigenvalue weighted by atomic mass is 16.5. The molecule has 1 aliphatic rings. The number of hydrogen-bond donors (Lipinski definition) is 2. The second-order valence-corrected chi connectivity index (χ2v) is 4.40. The van der Waals surface area contributed by atoms with E-state index in [1.165, 1.54) is 0 Å². The van der Waals surface area contributed by atoms with E-state index in [0.717, 1.165) is 5.56 Å². The fourth-order valence-electron chi connectivity index (χ4n) is 1.95. The number of benzene rings is 1. The van der Waals surface area contributed by atoms with Crippen LogP contribution in [0.4, 0.5) is 0 Å². The highest BCUT2D eigenvalue weighted by Crippen LogP contribution is 2.17. The first-order valence-electron chi connectivity index (χ1n) is 5.72. The number of hydrogen-bond acceptors (Lipinski definition) is 4. The van der Waals surface area contributed by atoms with Crippen molar-refractivity contribution in [1.29, 1.82) is 5.26 Å². The minimum Gasteiger partial charge on any atom is -0.386 e. The van der Waals surface area contributed by atoms with Crippen LogP contribution in [0, 0.1) is 11.3 Å². The Balaban J connectivity index is 1.88. The van der Waals surface area contributed by atoms with Gasteiger partial charge in [0.2, 0.25) is 0 Å². The maximum Gasteiger partial charge on any atom is 0.102 e. The van der Waals surface area contributed by atoms with Crippen molar-refractivity contribution < 1.29 is 9.84 Å². The van der Waals surface area contributed by atoms with E-state index in [9.17, 15) is 5.11 Å². The second kappa shape index (κ2) is 5.28. The lowest BCUT2D eigenvalue weighted by molar-refractivity contribution is 0.0268. The summed E-state index contributed by atoms with van der Waals surface area (Å²) in [7, 11) is 0. The first kappa shape index (κ1) is 12.1. The van der Waals surface area contributed by atoms with Gasteiger partial charge in [0.05, 0.1) is 18.2 Å². The number of rotatable bonds is 4. The van der Waals surface area contributed by atoms with E-state index >= 15 is 0 Å². The normalized spacial score (nSPS) is 23.5. The molecule has 17 heavy (non-hydrogen) atoms. The third kappa shape index (κ3) is 3.04. The summed E-state index contributed by atoms with van der Waals surface area (Å²) in [5.74, 6) is 0. The summed E-state index contributed by atoms with van der Waals surface area (Å²) in [4.78, 5) is 0. The molecule has 1 atom stereocenters. The average molecular weight is 232 g/mol. The van der Waals surface area contributed by atoms with Gasteiger partial charge in [0.25, 0.3) is 0 Å². The Bertz CT molecular complexity index is 420. The van der Waals surface area contributed by atoms with Crippen LogP contribution in [0.1, 0.15) is 17.5 Å². The van der Waals surface area contributed by atoms with E-state index in [1.807, 2.05) is 18.2 Å². The minimum atomic E-state index is -0.748. The van der Waals surface area contributed by atoms with Crippen molar-refractivity contribution in [1.82, 2.24) is 5.32 Å². The molecule has 2 rings (SSSR count). The summed E-state index contributed by atoms with van der Waals surface area (Å²) in [6, 6.07) is 9.63. The van der Waals surface area contributed by atoms with Crippen molar-refractivity contribution in [2.24, 2.45) is 0 Å². The van der Waals surface area contributed by atoms with Gasteiger partial charge in [-0.05, 0) is 11.6 Å². The smallest absolute Gasteiger partial charge is 0.102 e. The van der Waals surface area contributed by atoms with Crippen molar-refractivity contribution in [3.8, 4) is 6.07 Å². The second-order valence-electron chi connectivity index (χ2n) is 4.40. The Morgan fingerprint density at radius 3 is 3.00 bits per heavy atom. The fraction of sp³-hybridized carbons (Fsp3) is 0.462. The molecule has 0 spiro atoms. The number of nitrogens with zero attached hydrogens (tertiary/aromatic N) is 1. The lowest BCUT2D eigenvalue weighted by Crippen LogP contribution is -2.40. The van der Waals surface area contributed by atoms with Crippen LogP contribution in [0.5, 0.6) is 0 Å². The van der Waals surface area contributed by atoms with E-state index in [-0.39, 0.29) is 0 Å². The summed E-state index contributed by atoms with van der Waals surface area (Å²) >= 11 is 0. The van der Waals surface area contributed by atoms with Crippen LogP contribution in [0.3, 0.4) is 0 Å². The Kier molecular flexibility index (Phi) is 3.75. The molecule has 90 valence electrons. The van der Waals surface area contributed by atoms with Crippen LogP contribution in [0.25, 0.3) is 0 Å². The molecule has 1 aromatic rings. The highest BCUT2D eigenvalue weighted by molar-refractivity contribution is 5.37. The van der Waals surface area contributed by atoms with E-state index < -0.39 is 5.60 Å². The largest absolute Gasteiger partial charge is 0.386 e. The lowest BCUT2D eigenvalue weighted by Gasteiger charge is -2.20. The molecule has 1 aliphatic heterocycles. The van der Waals surface area contributed by atoms with Gasteiger partial charge in [-0.25, -0.2) is 0 Å². The van der Waals surface area contributed by atoms with Crippen LogP contribution < -0.4 is 5.32 Å². The van der Waals surface area contributed by atoms with Gasteiger partial charge in [0.15, 0.2) is 0 Å². The van der Waals surface area contributed by atoms with Gasteiger partial charge < -0.3 is 15.2 Å². The summed E-state index contributed by atoms with van der Waals surface area (Å²) in [5, 5.41) is 22.2. The van der Waals surface area contributed by atoms with E-state index in [2.05, 4.69) is 11.4 Å². The first-order chi connectivity index (χ1) is 8.23. The first-order valence-corrected chi connectivity index (χ1v) is 5.72. The number of aliphatic hydroxyl groups is 1. The lowest BCUT2D eigenvalue weighted by atomic mass is 10.0. The SMILES string of the molecule is N#Cc1ccccc1CNCC1(O)CCOC1. The molecule has 0 bridgehead atoms. The molecular formula is C13H16N2O2. The Labute approximate surface area is 101 Å². The molecule has 1 unspecified atom stereocenters. The van der Waals surface area contributed by atoms with Crippen LogP contribution >= 0.6 is 0 Å². The zero-order valence-corrected chi connectivity index (χ0v) is 9.65. The summed E-state index contributed by atoms with van der Waals surface area (Å²) < 4.78 is 5.17. The molecule has 1 aromatic carbocycles. The molecule has 4 heteroatoms. The van der Waals surface area contributed by atoms with Crippen molar-refractivity contribution in [2.45, 2.75) is 18.6 Å². The zero-order valence-electron chi connectivity index (χ0n) is 9.65. The maximum absolute atomic E-state index is 10.0. The van der Waals surface area contributed by atoms with Crippen LogP contribution in [0.2, 0.25) is 0 Å². The van der Waals surface area contributed by atoms with Gasteiger partial charge in [-0.15, -0.1) is 0 Å². The highest BCUT2D eigenvalue weighted by Gasteiger charge is 2.31. The topological polar surface area (TPSA) is 65.3 Å². The summed E-state index contributed by atoms with van der Waals surface area (Å²) in [6.07, 6.45) is 0.667. The third-order valence-electron chi connectivity index (χ3n) is 2.99. The Morgan fingerprint density at radius 1 is 1.47 bits per heavy atom. The number of ether oxygens (including phenoxy) is 1. The number of nitriles is 1. The van der Waals surface area contributed by atoms with E-state index in [0.29, 0.717) is 38.3 Å². The molecule has 0 radical (unpaired) electrons. The molecule has 0 amide bonds.